The fourth-order valence-electron chi connectivity index (χ4n) is 2.61. The molecule has 29 heavy (non-hydrogen) atoms. The first-order valence-corrected chi connectivity index (χ1v) is 9.47. The average Bonchev–Trinajstić information content (AvgIpc) is 3.00. The van der Waals surface area contributed by atoms with Gasteiger partial charge in [0.15, 0.2) is 11.5 Å². The zero-order chi connectivity index (χ0) is 21.0. The van der Waals surface area contributed by atoms with Crippen molar-refractivity contribution < 1.29 is 28.9 Å². The molecule has 1 aliphatic heterocycles. The van der Waals surface area contributed by atoms with Crippen molar-refractivity contribution in [3.8, 4) is 11.5 Å². The monoisotopic (exact) mass is 415 g/mol. The second-order valence-electron chi connectivity index (χ2n) is 5.82. The summed E-state index contributed by atoms with van der Waals surface area (Å²) in [5.74, 6) is -1.55. The summed E-state index contributed by atoms with van der Waals surface area (Å²) < 4.78 is 24.1. The topological polar surface area (TPSA) is 88.4 Å². The highest BCUT2D eigenvalue weighted by atomic mass is 32.2. The van der Waals surface area contributed by atoms with E-state index >= 15 is 0 Å². The highest BCUT2D eigenvalue weighted by Crippen LogP contribution is 2.42. The lowest BCUT2D eigenvalue weighted by Crippen LogP contribution is -2.12. The minimum absolute atomic E-state index is 0.0232. The molecule has 0 amide bonds. The van der Waals surface area contributed by atoms with E-state index in [1.54, 1.807) is 31.2 Å². The Kier molecular flexibility index (Phi) is 6.23. The number of para-hydroxylation sites is 2. The van der Waals surface area contributed by atoms with E-state index in [0.29, 0.717) is 5.56 Å². The van der Waals surface area contributed by atoms with Gasteiger partial charge in [0.1, 0.15) is 27.9 Å². The van der Waals surface area contributed by atoms with Gasteiger partial charge in [0.2, 0.25) is 0 Å². The van der Waals surface area contributed by atoms with E-state index in [-0.39, 0.29) is 45.1 Å². The Bertz CT molecular complexity index is 1050. The summed E-state index contributed by atoms with van der Waals surface area (Å²) in [7, 11) is 1.42. The molecule has 0 radical (unpaired) electrons. The van der Waals surface area contributed by atoms with Crippen LogP contribution in [0.2, 0.25) is 0 Å². The highest BCUT2D eigenvalue weighted by Gasteiger charge is 2.33. The number of thioether (sulfide) groups is 1. The number of aliphatic imine (C=N–C) groups is 1. The number of carbonyl (C=O) groups excluding carboxylic acids is 1. The minimum Gasteiger partial charge on any atom is -0.506 e. The Morgan fingerprint density at radius 2 is 1.97 bits per heavy atom. The van der Waals surface area contributed by atoms with E-state index in [0.717, 1.165) is 11.8 Å². The molecule has 0 atom stereocenters. The van der Waals surface area contributed by atoms with Crippen molar-refractivity contribution in [2.45, 2.75) is 6.92 Å². The van der Waals surface area contributed by atoms with Crippen LogP contribution in [0.3, 0.4) is 0 Å². The van der Waals surface area contributed by atoms with Gasteiger partial charge in [0.25, 0.3) is 0 Å². The standard InChI is InChI=1S/C21H18FNO5S/c1-3-28-21(26)17-19(25)16(11-12-7-6-10-15(27-2)18(12)24)29-20(17)23-14-9-5-4-8-13(14)22/h4-11,24-25H,3H2,1-2H3. The average molecular weight is 415 g/mol. The Hall–Kier alpha value is -3.26. The molecule has 0 saturated carbocycles. The molecule has 1 aliphatic rings. The SMILES string of the molecule is CCOC(=O)C1=C(O)C(=Cc2cccc(OC)c2O)SC1=Nc1ccccc1F. The van der Waals surface area contributed by atoms with Gasteiger partial charge in [-0.3, -0.25) is 0 Å². The van der Waals surface area contributed by atoms with Gasteiger partial charge in [0, 0.05) is 5.56 Å². The molecular formula is C21H18FNO5S. The molecule has 0 aromatic heterocycles. The normalized spacial score (nSPS) is 16.5. The number of benzene rings is 2. The van der Waals surface area contributed by atoms with Crippen molar-refractivity contribution in [3.05, 3.63) is 70.1 Å². The molecular weight excluding hydrogens is 397 g/mol. The number of hydrogen-bond acceptors (Lipinski definition) is 7. The smallest absolute Gasteiger partial charge is 0.344 e. The second kappa shape index (κ2) is 8.83. The van der Waals surface area contributed by atoms with Crippen molar-refractivity contribution in [2.75, 3.05) is 13.7 Å². The predicted molar refractivity (Wildman–Crippen MR) is 110 cm³/mol. The highest BCUT2D eigenvalue weighted by molar-refractivity contribution is 8.18. The fourth-order valence-corrected chi connectivity index (χ4v) is 3.62. The number of phenolic OH excluding ortho intramolecular Hbond substituents is 1. The van der Waals surface area contributed by atoms with Gasteiger partial charge in [-0.15, -0.1) is 0 Å². The summed E-state index contributed by atoms with van der Waals surface area (Å²) in [6.07, 6.45) is 1.49. The zero-order valence-electron chi connectivity index (χ0n) is 15.7. The number of aliphatic hydroxyl groups is 1. The lowest BCUT2D eigenvalue weighted by molar-refractivity contribution is -0.138. The number of carbonyl (C=O) groups is 1. The zero-order valence-corrected chi connectivity index (χ0v) is 16.5. The number of esters is 1. The molecule has 0 aliphatic carbocycles. The van der Waals surface area contributed by atoms with E-state index in [4.69, 9.17) is 9.47 Å². The fraction of sp³-hybridized carbons (Fsp3) is 0.143. The third kappa shape index (κ3) is 4.27. The molecule has 2 N–H and O–H groups in total. The molecule has 3 rings (SSSR count). The minimum atomic E-state index is -0.772. The van der Waals surface area contributed by atoms with Crippen LogP contribution in [0.25, 0.3) is 6.08 Å². The molecule has 0 bridgehead atoms. The summed E-state index contributed by atoms with van der Waals surface area (Å²) in [5, 5.41) is 21.0. The van der Waals surface area contributed by atoms with Gasteiger partial charge >= 0.3 is 5.97 Å². The Balaban J connectivity index is 2.10. The number of aliphatic hydroxyl groups excluding tert-OH is 1. The summed E-state index contributed by atoms with van der Waals surface area (Å²) in [6, 6.07) is 10.7. The third-order valence-electron chi connectivity index (χ3n) is 3.98. The van der Waals surface area contributed by atoms with Gasteiger partial charge in [-0.2, -0.15) is 0 Å². The molecule has 1 heterocycles. The molecule has 0 saturated heterocycles. The first kappa shape index (κ1) is 20.5. The third-order valence-corrected chi connectivity index (χ3v) is 5.00. The largest absolute Gasteiger partial charge is 0.506 e. The van der Waals surface area contributed by atoms with E-state index in [2.05, 4.69) is 4.99 Å². The molecule has 2 aromatic carbocycles. The van der Waals surface area contributed by atoms with Crippen LogP contribution in [0.1, 0.15) is 12.5 Å². The summed E-state index contributed by atoms with van der Waals surface area (Å²) in [5.41, 5.74) is 0.234. The van der Waals surface area contributed by atoms with Crippen LogP contribution >= 0.6 is 11.8 Å². The number of rotatable bonds is 5. The van der Waals surface area contributed by atoms with Crippen LogP contribution in [0.15, 0.2) is 63.7 Å². The van der Waals surface area contributed by atoms with Crippen molar-refractivity contribution in [1.82, 2.24) is 0 Å². The van der Waals surface area contributed by atoms with Crippen LogP contribution in [0.4, 0.5) is 10.1 Å². The van der Waals surface area contributed by atoms with Crippen molar-refractivity contribution >= 4 is 34.5 Å². The number of nitrogens with zero attached hydrogens (tertiary/aromatic N) is 1. The van der Waals surface area contributed by atoms with E-state index in [1.807, 2.05) is 0 Å². The van der Waals surface area contributed by atoms with Crippen LogP contribution in [-0.4, -0.2) is 34.9 Å². The number of methoxy groups -OCH3 is 1. The number of phenols is 1. The quantitative estimate of drug-likeness (QED) is 0.686. The Labute approximate surface area is 171 Å². The van der Waals surface area contributed by atoms with Gasteiger partial charge in [-0.25, -0.2) is 14.2 Å². The molecule has 6 nitrogen and oxygen atoms in total. The van der Waals surface area contributed by atoms with Gasteiger partial charge in [-0.05, 0) is 31.2 Å². The van der Waals surface area contributed by atoms with Crippen LogP contribution < -0.4 is 4.74 Å². The van der Waals surface area contributed by atoms with Crippen LogP contribution in [0, 0.1) is 5.82 Å². The molecule has 0 spiro atoms. The van der Waals surface area contributed by atoms with Crippen molar-refractivity contribution in [2.24, 2.45) is 4.99 Å². The second-order valence-corrected chi connectivity index (χ2v) is 6.85. The first-order chi connectivity index (χ1) is 14.0. The molecule has 8 heteroatoms. The molecule has 150 valence electrons. The maximum absolute atomic E-state index is 14.0. The Morgan fingerprint density at radius 3 is 2.66 bits per heavy atom. The number of hydrogen-bond donors (Lipinski definition) is 2. The van der Waals surface area contributed by atoms with E-state index in [1.165, 1.54) is 31.4 Å². The molecule has 0 unspecified atom stereocenters. The molecule has 2 aromatic rings. The summed E-state index contributed by atoms with van der Waals surface area (Å²) in [6.45, 7) is 1.74. The lowest BCUT2D eigenvalue weighted by Gasteiger charge is -2.06. The van der Waals surface area contributed by atoms with E-state index in [9.17, 15) is 19.4 Å². The van der Waals surface area contributed by atoms with Crippen LogP contribution in [0.5, 0.6) is 11.5 Å². The summed E-state index contributed by atoms with van der Waals surface area (Å²) in [4.78, 5) is 16.8. The van der Waals surface area contributed by atoms with Crippen LogP contribution in [-0.2, 0) is 9.53 Å². The Morgan fingerprint density at radius 1 is 1.21 bits per heavy atom. The van der Waals surface area contributed by atoms with Gasteiger partial charge < -0.3 is 19.7 Å². The number of halogens is 1. The molecule has 0 fully saturated rings. The summed E-state index contributed by atoms with van der Waals surface area (Å²) >= 11 is 0.969. The first-order valence-electron chi connectivity index (χ1n) is 8.66. The van der Waals surface area contributed by atoms with Crippen molar-refractivity contribution in [1.29, 1.82) is 0 Å². The number of aromatic hydroxyl groups is 1. The van der Waals surface area contributed by atoms with Gasteiger partial charge in [0.05, 0.1) is 18.6 Å². The van der Waals surface area contributed by atoms with E-state index < -0.39 is 11.8 Å². The lowest BCUT2D eigenvalue weighted by atomic mass is 10.1. The maximum atomic E-state index is 14.0. The van der Waals surface area contributed by atoms with Gasteiger partial charge in [-0.1, -0.05) is 36.0 Å². The number of ether oxygens (including phenoxy) is 2. The van der Waals surface area contributed by atoms with Crippen molar-refractivity contribution in [3.63, 3.8) is 0 Å². The predicted octanol–water partition coefficient (Wildman–Crippen LogP) is 4.73. The maximum Gasteiger partial charge on any atom is 0.344 e.